The molecule has 3 N–H and O–H groups in total. The number of hydrogen-bond acceptors (Lipinski definition) is 3. The lowest BCUT2D eigenvalue weighted by atomic mass is 10.1. The van der Waals surface area contributed by atoms with Gasteiger partial charge in [-0.3, -0.25) is 4.79 Å². The first kappa shape index (κ1) is 14.9. The van der Waals surface area contributed by atoms with E-state index in [9.17, 15) is 4.79 Å². The molecule has 1 amide bonds. The number of aryl methyl sites for hydroxylation is 1. The molecule has 0 fully saturated rings. The quantitative estimate of drug-likeness (QED) is 0.561. The third-order valence-corrected chi connectivity index (χ3v) is 3.41. The predicted molar refractivity (Wildman–Crippen MR) is 79.8 cm³/mol. The van der Waals surface area contributed by atoms with E-state index in [4.69, 9.17) is 5.73 Å². The summed E-state index contributed by atoms with van der Waals surface area (Å²) in [4.78, 5) is 11.6. The number of benzene rings is 1. The van der Waals surface area contributed by atoms with Crippen molar-refractivity contribution in [1.29, 1.82) is 0 Å². The summed E-state index contributed by atoms with van der Waals surface area (Å²) in [7, 11) is 0. The highest BCUT2D eigenvalue weighted by Crippen LogP contribution is 2.07. The summed E-state index contributed by atoms with van der Waals surface area (Å²) in [6, 6.07) is 7.69. The fourth-order valence-corrected chi connectivity index (χ4v) is 2.12. The zero-order valence-electron chi connectivity index (χ0n) is 10.9. The average Bonchev–Trinajstić information content (AvgIpc) is 2.38. The van der Waals surface area contributed by atoms with Gasteiger partial charge in [-0.1, -0.05) is 12.1 Å². The van der Waals surface area contributed by atoms with Crippen molar-refractivity contribution < 1.29 is 4.79 Å². The number of unbranched alkanes of at least 4 members (excludes halogenated alkanes) is 1. The second kappa shape index (κ2) is 8.86. The van der Waals surface area contributed by atoms with Gasteiger partial charge in [0.2, 0.25) is 5.91 Å². The number of thioether (sulfide) groups is 1. The molecule has 0 unspecified atom stereocenters. The van der Waals surface area contributed by atoms with Crippen LogP contribution in [0.5, 0.6) is 0 Å². The average molecular weight is 266 g/mol. The first-order chi connectivity index (χ1) is 8.72. The Labute approximate surface area is 114 Å². The Bertz CT molecular complexity index is 351. The monoisotopic (exact) mass is 266 g/mol. The highest BCUT2D eigenvalue weighted by atomic mass is 32.2. The number of amides is 1. The minimum absolute atomic E-state index is 0.135. The van der Waals surface area contributed by atoms with Crippen molar-refractivity contribution >= 4 is 23.4 Å². The Balaban J connectivity index is 2.11. The van der Waals surface area contributed by atoms with Crippen LogP contribution in [0.3, 0.4) is 0 Å². The molecular formula is C14H22N2OS. The lowest BCUT2D eigenvalue weighted by Gasteiger charge is -2.05. The fourth-order valence-electron chi connectivity index (χ4n) is 1.63. The molecule has 0 heterocycles. The van der Waals surface area contributed by atoms with Crippen LogP contribution in [0.15, 0.2) is 24.3 Å². The van der Waals surface area contributed by atoms with Crippen molar-refractivity contribution in [3.63, 3.8) is 0 Å². The molecule has 0 saturated heterocycles. The zero-order chi connectivity index (χ0) is 13.2. The number of carbonyl (C=O) groups excluding carboxylic acids is 1. The first-order valence-corrected chi connectivity index (χ1v) is 7.72. The molecule has 0 saturated carbocycles. The lowest BCUT2D eigenvalue weighted by molar-refractivity contribution is -0.121. The molecule has 0 radical (unpaired) electrons. The summed E-state index contributed by atoms with van der Waals surface area (Å²) in [6.07, 6.45) is 5.66. The Morgan fingerprint density at radius 1 is 1.28 bits per heavy atom. The maximum absolute atomic E-state index is 11.6. The van der Waals surface area contributed by atoms with Crippen LogP contribution < -0.4 is 11.1 Å². The molecular weight excluding hydrogens is 244 g/mol. The van der Waals surface area contributed by atoms with E-state index in [2.05, 4.69) is 11.6 Å². The highest BCUT2D eigenvalue weighted by molar-refractivity contribution is 7.98. The van der Waals surface area contributed by atoms with Gasteiger partial charge in [-0.25, -0.2) is 0 Å². The molecule has 0 aliphatic heterocycles. The SMILES string of the molecule is CSCCCCNC(=O)CCc1ccc(N)cc1. The van der Waals surface area contributed by atoms with Gasteiger partial charge in [0.05, 0.1) is 0 Å². The summed E-state index contributed by atoms with van der Waals surface area (Å²) in [6.45, 7) is 0.793. The van der Waals surface area contributed by atoms with Gasteiger partial charge in [-0.05, 0) is 49.0 Å². The molecule has 3 nitrogen and oxygen atoms in total. The number of nitrogens with two attached hydrogens (primary N) is 1. The molecule has 18 heavy (non-hydrogen) atoms. The van der Waals surface area contributed by atoms with Crippen LogP contribution in [0.4, 0.5) is 5.69 Å². The van der Waals surface area contributed by atoms with Gasteiger partial charge in [0.1, 0.15) is 0 Å². The van der Waals surface area contributed by atoms with Crippen molar-refractivity contribution in [1.82, 2.24) is 5.32 Å². The number of nitrogen functional groups attached to an aromatic ring is 1. The summed E-state index contributed by atoms with van der Waals surface area (Å²) >= 11 is 1.85. The van der Waals surface area contributed by atoms with Crippen LogP contribution in [0, 0.1) is 0 Å². The van der Waals surface area contributed by atoms with E-state index in [-0.39, 0.29) is 5.91 Å². The highest BCUT2D eigenvalue weighted by Gasteiger charge is 2.01. The van der Waals surface area contributed by atoms with Crippen LogP contribution in [0.1, 0.15) is 24.8 Å². The molecule has 100 valence electrons. The summed E-state index contributed by atoms with van der Waals surface area (Å²) < 4.78 is 0. The van der Waals surface area contributed by atoms with Crippen molar-refractivity contribution in [3.8, 4) is 0 Å². The van der Waals surface area contributed by atoms with Crippen molar-refractivity contribution in [3.05, 3.63) is 29.8 Å². The van der Waals surface area contributed by atoms with Crippen LogP contribution >= 0.6 is 11.8 Å². The molecule has 0 spiro atoms. The number of anilines is 1. The van der Waals surface area contributed by atoms with E-state index in [1.807, 2.05) is 36.0 Å². The molecule has 0 aliphatic carbocycles. The van der Waals surface area contributed by atoms with E-state index in [0.29, 0.717) is 6.42 Å². The molecule has 0 bridgehead atoms. The number of nitrogens with one attached hydrogen (secondary N) is 1. The summed E-state index contributed by atoms with van der Waals surface area (Å²) in [5, 5.41) is 2.95. The van der Waals surface area contributed by atoms with E-state index in [1.165, 1.54) is 12.2 Å². The molecule has 0 aromatic heterocycles. The number of hydrogen-bond donors (Lipinski definition) is 2. The van der Waals surface area contributed by atoms with Gasteiger partial charge in [0, 0.05) is 18.7 Å². The summed E-state index contributed by atoms with van der Waals surface area (Å²) in [5.41, 5.74) is 7.52. The normalized spacial score (nSPS) is 10.3. The van der Waals surface area contributed by atoms with Gasteiger partial charge < -0.3 is 11.1 Å². The minimum atomic E-state index is 0.135. The number of carbonyl (C=O) groups is 1. The van der Waals surface area contributed by atoms with Crippen LogP contribution in [-0.2, 0) is 11.2 Å². The van der Waals surface area contributed by atoms with Gasteiger partial charge in [0.15, 0.2) is 0 Å². The third kappa shape index (κ3) is 6.55. The van der Waals surface area contributed by atoms with Crippen molar-refractivity contribution in [2.24, 2.45) is 0 Å². The molecule has 1 aromatic rings. The van der Waals surface area contributed by atoms with E-state index in [0.717, 1.165) is 30.6 Å². The second-order valence-electron chi connectivity index (χ2n) is 4.29. The van der Waals surface area contributed by atoms with Gasteiger partial charge in [0.25, 0.3) is 0 Å². The Hall–Kier alpha value is -1.16. The predicted octanol–water partition coefficient (Wildman–Crippen LogP) is 2.46. The molecule has 0 aliphatic rings. The largest absolute Gasteiger partial charge is 0.399 e. The van der Waals surface area contributed by atoms with Crippen LogP contribution in [0.2, 0.25) is 0 Å². The van der Waals surface area contributed by atoms with Crippen molar-refractivity contribution in [2.45, 2.75) is 25.7 Å². The standard InChI is InChI=1S/C14H22N2OS/c1-18-11-3-2-10-16-14(17)9-6-12-4-7-13(15)8-5-12/h4-5,7-8H,2-3,6,9-11,15H2,1H3,(H,16,17). The van der Waals surface area contributed by atoms with Crippen molar-refractivity contribution in [2.75, 3.05) is 24.3 Å². The lowest BCUT2D eigenvalue weighted by Crippen LogP contribution is -2.24. The Morgan fingerprint density at radius 3 is 2.67 bits per heavy atom. The molecule has 1 rings (SSSR count). The van der Waals surface area contributed by atoms with Gasteiger partial charge in [-0.2, -0.15) is 11.8 Å². The Kier molecular flexibility index (Phi) is 7.34. The molecule has 4 heteroatoms. The summed E-state index contributed by atoms with van der Waals surface area (Å²) in [5.74, 6) is 1.30. The third-order valence-electron chi connectivity index (χ3n) is 2.72. The zero-order valence-corrected chi connectivity index (χ0v) is 11.8. The van der Waals surface area contributed by atoms with E-state index >= 15 is 0 Å². The minimum Gasteiger partial charge on any atom is -0.399 e. The topological polar surface area (TPSA) is 55.1 Å². The Morgan fingerprint density at radius 2 is 2.00 bits per heavy atom. The molecule has 1 aromatic carbocycles. The van der Waals surface area contributed by atoms with Gasteiger partial charge in [-0.15, -0.1) is 0 Å². The first-order valence-electron chi connectivity index (χ1n) is 6.32. The smallest absolute Gasteiger partial charge is 0.220 e. The van der Waals surface area contributed by atoms with Crippen LogP contribution in [0.25, 0.3) is 0 Å². The second-order valence-corrected chi connectivity index (χ2v) is 5.28. The van der Waals surface area contributed by atoms with Crippen LogP contribution in [-0.4, -0.2) is 24.5 Å². The number of rotatable bonds is 8. The molecule has 0 atom stereocenters. The fraction of sp³-hybridized carbons (Fsp3) is 0.500. The van der Waals surface area contributed by atoms with Gasteiger partial charge >= 0.3 is 0 Å². The van der Waals surface area contributed by atoms with E-state index in [1.54, 1.807) is 0 Å². The maximum atomic E-state index is 11.6. The van der Waals surface area contributed by atoms with E-state index < -0.39 is 0 Å². The maximum Gasteiger partial charge on any atom is 0.220 e.